The summed E-state index contributed by atoms with van der Waals surface area (Å²) < 4.78 is 5.23. The van der Waals surface area contributed by atoms with Gasteiger partial charge in [-0.3, -0.25) is 14.4 Å². The van der Waals surface area contributed by atoms with Gasteiger partial charge < -0.3 is 15.4 Å². The molecule has 0 atom stereocenters. The minimum Gasteiger partial charge on any atom is -0.466 e. The van der Waals surface area contributed by atoms with Crippen LogP contribution in [0.5, 0.6) is 0 Å². The van der Waals surface area contributed by atoms with E-state index in [1.807, 2.05) is 62.4 Å². The standard InChI is InChI=1S/C28H30N2O4/c1-20-14-15-23(19-21(20)2)29-28(33)24-12-6-7-13-25(24)30-26(31)16-17-27(32)34-18-8-11-22-9-4-3-5-10-22/h3-7,9-10,12-15,19H,8,11,16-18H2,1-2H3,(H,29,33)(H,30,31). The molecule has 3 rings (SSSR count). The van der Waals surface area contributed by atoms with Gasteiger partial charge in [-0.05, 0) is 67.6 Å². The van der Waals surface area contributed by atoms with E-state index in [0.717, 1.165) is 24.0 Å². The van der Waals surface area contributed by atoms with E-state index in [4.69, 9.17) is 4.74 Å². The fourth-order valence-corrected chi connectivity index (χ4v) is 3.42. The summed E-state index contributed by atoms with van der Waals surface area (Å²) in [6.07, 6.45) is 1.51. The summed E-state index contributed by atoms with van der Waals surface area (Å²) in [4.78, 5) is 37.2. The first-order valence-corrected chi connectivity index (χ1v) is 11.4. The van der Waals surface area contributed by atoms with Gasteiger partial charge in [0, 0.05) is 12.1 Å². The molecule has 2 amide bonds. The Balaban J connectivity index is 1.45. The number of benzene rings is 3. The molecule has 0 aliphatic heterocycles. The number of carbonyl (C=O) groups excluding carboxylic acids is 3. The molecule has 0 fully saturated rings. The Labute approximate surface area is 200 Å². The molecule has 6 heteroatoms. The second-order valence-corrected chi connectivity index (χ2v) is 8.16. The smallest absolute Gasteiger partial charge is 0.306 e. The molecular weight excluding hydrogens is 428 g/mol. The number of anilines is 2. The number of carbonyl (C=O) groups is 3. The Morgan fingerprint density at radius 1 is 0.794 bits per heavy atom. The molecule has 0 saturated heterocycles. The van der Waals surface area contributed by atoms with Crippen LogP contribution in [0.25, 0.3) is 0 Å². The number of hydrogen-bond donors (Lipinski definition) is 2. The Morgan fingerprint density at radius 2 is 1.53 bits per heavy atom. The maximum atomic E-state index is 12.8. The van der Waals surface area contributed by atoms with Gasteiger partial charge in [-0.1, -0.05) is 48.5 Å². The Kier molecular flexibility index (Phi) is 8.97. The van der Waals surface area contributed by atoms with Crippen LogP contribution in [-0.2, 0) is 20.7 Å². The first kappa shape index (κ1) is 24.7. The van der Waals surface area contributed by atoms with Crippen molar-refractivity contribution in [1.82, 2.24) is 0 Å². The van der Waals surface area contributed by atoms with Gasteiger partial charge in [0.05, 0.1) is 24.3 Å². The van der Waals surface area contributed by atoms with Crippen LogP contribution in [0.3, 0.4) is 0 Å². The monoisotopic (exact) mass is 458 g/mol. The first-order valence-electron chi connectivity index (χ1n) is 11.4. The molecule has 0 radical (unpaired) electrons. The van der Waals surface area contributed by atoms with Crippen molar-refractivity contribution in [3.05, 3.63) is 95.1 Å². The predicted molar refractivity (Wildman–Crippen MR) is 134 cm³/mol. The van der Waals surface area contributed by atoms with E-state index in [1.165, 1.54) is 5.56 Å². The predicted octanol–water partition coefficient (Wildman–Crippen LogP) is 5.45. The van der Waals surface area contributed by atoms with E-state index in [2.05, 4.69) is 10.6 Å². The Hall–Kier alpha value is -3.93. The van der Waals surface area contributed by atoms with Crippen molar-refractivity contribution < 1.29 is 19.1 Å². The van der Waals surface area contributed by atoms with Crippen molar-refractivity contribution in [2.24, 2.45) is 0 Å². The minimum absolute atomic E-state index is 0.0197. The number of hydrogen-bond acceptors (Lipinski definition) is 4. The second kappa shape index (κ2) is 12.3. The quantitative estimate of drug-likeness (QED) is 0.313. The fraction of sp³-hybridized carbons (Fsp3) is 0.250. The van der Waals surface area contributed by atoms with Crippen LogP contribution in [0, 0.1) is 13.8 Å². The highest BCUT2D eigenvalue weighted by Crippen LogP contribution is 2.19. The highest BCUT2D eigenvalue weighted by molar-refractivity contribution is 6.10. The normalized spacial score (nSPS) is 10.4. The third kappa shape index (κ3) is 7.59. The summed E-state index contributed by atoms with van der Waals surface area (Å²) in [7, 11) is 0. The van der Waals surface area contributed by atoms with Crippen LogP contribution < -0.4 is 10.6 Å². The van der Waals surface area contributed by atoms with E-state index in [0.29, 0.717) is 23.5 Å². The Morgan fingerprint density at radius 3 is 2.29 bits per heavy atom. The van der Waals surface area contributed by atoms with Gasteiger partial charge in [0.1, 0.15) is 0 Å². The average Bonchev–Trinajstić information content (AvgIpc) is 2.84. The SMILES string of the molecule is Cc1ccc(NC(=O)c2ccccc2NC(=O)CCC(=O)OCCCc2ccccc2)cc1C. The summed E-state index contributed by atoms with van der Waals surface area (Å²) in [5, 5.41) is 5.60. The van der Waals surface area contributed by atoms with Crippen molar-refractivity contribution in [1.29, 1.82) is 0 Å². The summed E-state index contributed by atoms with van der Waals surface area (Å²) in [5.41, 5.74) is 4.83. The van der Waals surface area contributed by atoms with Crippen LogP contribution in [0.4, 0.5) is 11.4 Å². The maximum absolute atomic E-state index is 12.8. The van der Waals surface area contributed by atoms with Crippen molar-refractivity contribution >= 4 is 29.2 Å². The highest BCUT2D eigenvalue weighted by atomic mass is 16.5. The third-order valence-electron chi connectivity index (χ3n) is 5.48. The number of aryl methyl sites for hydroxylation is 3. The van der Waals surface area contributed by atoms with E-state index in [-0.39, 0.29) is 24.7 Å². The molecule has 0 unspecified atom stereocenters. The minimum atomic E-state index is -0.413. The largest absolute Gasteiger partial charge is 0.466 e. The zero-order valence-corrected chi connectivity index (χ0v) is 19.6. The molecular formula is C28H30N2O4. The number of rotatable bonds is 10. The van der Waals surface area contributed by atoms with Crippen LogP contribution in [0.2, 0.25) is 0 Å². The lowest BCUT2D eigenvalue weighted by Gasteiger charge is -2.12. The number of ether oxygens (including phenoxy) is 1. The molecule has 0 spiro atoms. The van der Waals surface area contributed by atoms with Crippen LogP contribution in [-0.4, -0.2) is 24.4 Å². The molecule has 6 nitrogen and oxygen atoms in total. The molecule has 0 heterocycles. The number of para-hydroxylation sites is 1. The van der Waals surface area contributed by atoms with E-state index < -0.39 is 5.97 Å². The van der Waals surface area contributed by atoms with Crippen molar-refractivity contribution in [3.8, 4) is 0 Å². The summed E-state index contributed by atoms with van der Waals surface area (Å²) >= 11 is 0. The number of amides is 2. The van der Waals surface area contributed by atoms with E-state index >= 15 is 0 Å². The van der Waals surface area contributed by atoms with Crippen molar-refractivity contribution in [3.63, 3.8) is 0 Å². The van der Waals surface area contributed by atoms with Gasteiger partial charge in [0.15, 0.2) is 0 Å². The molecule has 0 saturated carbocycles. The Bertz CT molecular complexity index is 1140. The molecule has 2 N–H and O–H groups in total. The van der Waals surface area contributed by atoms with Gasteiger partial charge in [0.2, 0.25) is 5.91 Å². The van der Waals surface area contributed by atoms with Crippen LogP contribution in [0.15, 0.2) is 72.8 Å². The van der Waals surface area contributed by atoms with Crippen LogP contribution >= 0.6 is 0 Å². The van der Waals surface area contributed by atoms with Crippen molar-refractivity contribution in [2.75, 3.05) is 17.2 Å². The zero-order chi connectivity index (χ0) is 24.3. The van der Waals surface area contributed by atoms with Gasteiger partial charge >= 0.3 is 5.97 Å². The lowest BCUT2D eigenvalue weighted by atomic mass is 10.1. The second-order valence-electron chi connectivity index (χ2n) is 8.16. The molecule has 0 aromatic heterocycles. The average molecular weight is 459 g/mol. The fourth-order valence-electron chi connectivity index (χ4n) is 3.42. The van der Waals surface area contributed by atoms with Crippen LogP contribution in [0.1, 0.15) is 46.3 Å². The van der Waals surface area contributed by atoms with E-state index in [9.17, 15) is 14.4 Å². The summed E-state index contributed by atoms with van der Waals surface area (Å²) in [6, 6.07) is 22.5. The number of esters is 1. The third-order valence-corrected chi connectivity index (χ3v) is 5.48. The highest BCUT2D eigenvalue weighted by Gasteiger charge is 2.15. The molecule has 176 valence electrons. The van der Waals surface area contributed by atoms with Gasteiger partial charge in [-0.15, -0.1) is 0 Å². The lowest BCUT2D eigenvalue weighted by Crippen LogP contribution is -2.19. The summed E-state index contributed by atoms with van der Waals surface area (Å²) in [5.74, 6) is -1.09. The van der Waals surface area contributed by atoms with E-state index in [1.54, 1.807) is 24.3 Å². The number of nitrogens with one attached hydrogen (secondary N) is 2. The molecule has 0 bridgehead atoms. The molecule has 3 aromatic rings. The van der Waals surface area contributed by atoms with Gasteiger partial charge in [0.25, 0.3) is 5.91 Å². The van der Waals surface area contributed by atoms with Gasteiger partial charge in [-0.25, -0.2) is 0 Å². The lowest BCUT2D eigenvalue weighted by molar-refractivity contribution is -0.144. The maximum Gasteiger partial charge on any atom is 0.306 e. The van der Waals surface area contributed by atoms with Gasteiger partial charge in [-0.2, -0.15) is 0 Å². The molecule has 0 aliphatic rings. The molecule has 34 heavy (non-hydrogen) atoms. The topological polar surface area (TPSA) is 84.5 Å². The molecule has 3 aromatic carbocycles. The first-order chi connectivity index (χ1) is 16.4. The molecule has 0 aliphatic carbocycles. The summed E-state index contributed by atoms with van der Waals surface area (Å²) in [6.45, 7) is 4.30. The zero-order valence-electron chi connectivity index (χ0n) is 19.6. The van der Waals surface area contributed by atoms with Crippen molar-refractivity contribution in [2.45, 2.75) is 39.5 Å².